The van der Waals surface area contributed by atoms with Crippen LogP contribution in [0.2, 0.25) is 0 Å². The number of nitrogens with one attached hydrogen (secondary N) is 2. The quantitative estimate of drug-likeness (QED) is 0.0491. The monoisotopic (exact) mass is 964 g/mol. The van der Waals surface area contributed by atoms with Crippen molar-refractivity contribution in [3.8, 4) is 28.7 Å². The number of benzene rings is 5. The van der Waals surface area contributed by atoms with E-state index in [4.69, 9.17) is 38.4 Å². The lowest BCUT2D eigenvalue weighted by Crippen LogP contribution is -2.32. The van der Waals surface area contributed by atoms with Crippen LogP contribution in [0.3, 0.4) is 0 Å². The fraction of sp³-hybridized carbons (Fsp3) is 0.304. The highest BCUT2D eigenvalue weighted by Gasteiger charge is 2.33. The highest BCUT2D eigenvalue weighted by Crippen LogP contribution is 2.41. The summed E-state index contributed by atoms with van der Waals surface area (Å²) in [6.45, 7) is 10.7. The second kappa shape index (κ2) is 25.5. The van der Waals surface area contributed by atoms with E-state index in [2.05, 4.69) is 10.6 Å². The largest absolute Gasteiger partial charge is 0.497 e. The molecule has 15 nitrogen and oxygen atoms in total. The molecule has 0 saturated carbocycles. The maximum absolute atomic E-state index is 13.8. The number of ether oxygens (including phenoxy) is 6. The number of amides is 3. The summed E-state index contributed by atoms with van der Waals surface area (Å²) in [6.07, 6.45) is 9.21. The Morgan fingerprint density at radius 1 is 0.761 bits per heavy atom. The summed E-state index contributed by atoms with van der Waals surface area (Å²) < 4.78 is 34.3. The third kappa shape index (κ3) is 13.0. The maximum atomic E-state index is 13.8. The molecule has 3 aliphatic rings. The minimum atomic E-state index is -0.556. The molecule has 0 bridgehead atoms. The van der Waals surface area contributed by atoms with E-state index in [1.165, 1.54) is 7.11 Å². The zero-order chi connectivity index (χ0) is 50.9. The summed E-state index contributed by atoms with van der Waals surface area (Å²) in [5, 5.41) is 5.82. The first-order valence-electron chi connectivity index (χ1n) is 23.8. The molecule has 8 rings (SSSR count). The Labute approximate surface area is 416 Å². The number of aryl methyl sites for hydroxylation is 1. The molecule has 15 heteroatoms. The number of aliphatic imine (C=N–C) groups is 2. The predicted octanol–water partition coefficient (Wildman–Crippen LogP) is 11.7. The van der Waals surface area contributed by atoms with Gasteiger partial charge in [0.05, 0.1) is 63.6 Å². The summed E-state index contributed by atoms with van der Waals surface area (Å²) in [6, 6.07) is 29.4. The van der Waals surface area contributed by atoms with Crippen LogP contribution in [0.4, 0.5) is 27.5 Å². The van der Waals surface area contributed by atoms with Gasteiger partial charge in [0.1, 0.15) is 12.4 Å². The summed E-state index contributed by atoms with van der Waals surface area (Å²) in [4.78, 5) is 51.2. The lowest BCUT2D eigenvalue weighted by Gasteiger charge is -2.19. The van der Waals surface area contributed by atoms with Gasteiger partial charge < -0.3 is 43.5 Å². The van der Waals surface area contributed by atoms with Gasteiger partial charge in [0, 0.05) is 74.6 Å². The number of anilines is 2. The molecule has 3 amide bonds. The average molecular weight is 965 g/mol. The lowest BCUT2D eigenvalue weighted by atomic mass is 10.0. The van der Waals surface area contributed by atoms with Gasteiger partial charge in [-0.2, -0.15) is 0 Å². The van der Waals surface area contributed by atoms with Crippen molar-refractivity contribution >= 4 is 64.7 Å². The number of methoxy groups -OCH3 is 3. The van der Waals surface area contributed by atoms with E-state index in [-0.39, 0.29) is 24.6 Å². The Bertz CT molecular complexity index is 2730. The summed E-state index contributed by atoms with van der Waals surface area (Å²) >= 11 is 0. The smallest absolute Gasteiger partial charge is 0.411 e. The maximum Gasteiger partial charge on any atom is 0.411 e. The molecule has 0 aliphatic carbocycles. The molecule has 5 aromatic rings. The van der Waals surface area contributed by atoms with E-state index in [1.54, 1.807) is 54.5 Å². The first-order valence-corrected chi connectivity index (χ1v) is 23.8. The molecule has 0 aromatic heterocycles. The van der Waals surface area contributed by atoms with Crippen LogP contribution in [-0.2, 0) is 16.1 Å². The van der Waals surface area contributed by atoms with Crippen LogP contribution >= 0.6 is 0 Å². The molecule has 0 saturated heterocycles. The van der Waals surface area contributed by atoms with Gasteiger partial charge in [0.15, 0.2) is 23.0 Å². The Balaban J connectivity index is 0.00000201. The molecule has 5 aromatic carbocycles. The van der Waals surface area contributed by atoms with Crippen molar-refractivity contribution in [1.29, 1.82) is 0 Å². The van der Waals surface area contributed by atoms with Crippen molar-refractivity contribution in [2.45, 2.75) is 72.6 Å². The molecule has 0 radical (unpaired) electrons. The lowest BCUT2D eigenvalue weighted by molar-refractivity contribution is -0.116. The SMILES string of the molecule is CC.CC.CNc1ccc(COC(=O)Nc2ccc(C3=CN(C=O)C(C=Nc4cc(OCCCOc5cc6c(cc5OC)C(=O)N5C=C(c7ccc(OC)cc7)CC5C=N6)c(OC)cc4C)C3)cc2)cc1. The molecule has 0 spiro atoms. The number of nitrogens with zero attached hydrogens (tertiary/aromatic N) is 4. The highest BCUT2D eigenvalue weighted by molar-refractivity contribution is 6.05. The van der Waals surface area contributed by atoms with E-state index in [0.717, 1.165) is 51.2 Å². The molecular weight excluding hydrogens is 901 g/mol. The van der Waals surface area contributed by atoms with E-state index in [0.29, 0.717) is 78.1 Å². The van der Waals surface area contributed by atoms with Gasteiger partial charge in [-0.1, -0.05) is 64.1 Å². The van der Waals surface area contributed by atoms with Crippen LogP contribution in [-0.4, -0.2) is 94.3 Å². The second-order valence-corrected chi connectivity index (χ2v) is 16.0. The summed E-state index contributed by atoms with van der Waals surface area (Å²) in [5.41, 5.74) is 8.83. The van der Waals surface area contributed by atoms with E-state index in [9.17, 15) is 14.4 Å². The van der Waals surface area contributed by atoms with Gasteiger partial charge in [0.2, 0.25) is 6.41 Å². The number of rotatable bonds is 18. The minimum absolute atomic E-state index is 0.148. The van der Waals surface area contributed by atoms with E-state index in [1.807, 2.05) is 133 Å². The second-order valence-electron chi connectivity index (χ2n) is 16.0. The first kappa shape index (κ1) is 52.3. The Morgan fingerprint density at radius 3 is 2.01 bits per heavy atom. The third-order valence-corrected chi connectivity index (χ3v) is 11.7. The molecule has 3 aliphatic heterocycles. The van der Waals surface area contributed by atoms with Crippen LogP contribution in [0.5, 0.6) is 28.7 Å². The molecule has 2 N–H and O–H groups in total. The zero-order valence-electron chi connectivity index (χ0n) is 42.0. The fourth-order valence-corrected chi connectivity index (χ4v) is 7.96. The molecule has 2 atom stereocenters. The minimum Gasteiger partial charge on any atom is -0.497 e. The van der Waals surface area contributed by atoms with Gasteiger partial charge in [-0.3, -0.25) is 24.9 Å². The Kier molecular flexibility index (Phi) is 18.8. The molecule has 71 heavy (non-hydrogen) atoms. The first-order chi connectivity index (χ1) is 34.7. The fourth-order valence-electron chi connectivity index (χ4n) is 7.96. The molecular formula is C56H64N6O9. The number of fused-ring (bicyclic) bond motifs is 2. The van der Waals surface area contributed by atoms with E-state index < -0.39 is 6.09 Å². The molecule has 3 heterocycles. The van der Waals surface area contributed by atoms with Crippen LogP contribution in [0.25, 0.3) is 11.1 Å². The van der Waals surface area contributed by atoms with Gasteiger partial charge in [0.25, 0.3) is 5.91 Å². The van der Waals surface area contributed by atoms with Gasteiger partial charge >= 0.3 is 6.09 Å². The Hall–Kier alpha value is -8.07. The van der Waals surface area contributed by atoms with Crippen LogP contribution in [0.1, 0.15) is 79.6 Å². The van der Waals surface area contributed by atoms with Crippen molar-refractivity contribution in [1.82, 2.24) is 9.80 Å². The van der Waals surface area contributed by atoms with Crippen molar-refractivity contribution in [2.75, 3.05) is 52.2 Å². The zero-order valence-corrected chi connectivity index (χ0v) is 42.0. The predicted molar refractivity (Wildman–Crippen MR) is 281 cm³/mol. The van der Waals surface area contributed by atoms with Gasteiger partial charge in [-0.15, -0.1) is 0 Å². The van der Waals surface area contributed by atoms with E-state index >= 15 is 0 Å². The van der Waals surface area contributed by atoms with Crippen LogP contribution < -0.4 is 34.3 Å². The van der Waals surface area contributed by atoms with Crippen molar-refractivity contribution < 1.29 is 42.8 Å². The number of hydrogen-bond donors (Lipinski definition) is 2. The summed E-state index contributed by atoms with van der Waals surface area (Å²) in [7, 11) is 6.60. The standard InChI is InChI=1S/C52H52N6O9.2C2H6/c1-33-21-47(63-4)49(25-45(33)54-27-41-22-37(29-57(41)32-59)35-9-15-40(16-10-35)56-52(61)67-31-34-7-13-39(53-2)14-8-34)65-19-6-20-66-50-26-46-44(24-48(50)64-5)51(60)58-30-38(23-42(58)28-55-46)36-11-17-43(62-3)18-12-36;2*1-2/h7-18,21,24-30,32,41-42,53H,6,19-20,22-23,31H2,1-5H3,(H,56,61);2*1-2H3. The van der Waals surface area contributed by atoms with Crippen molar-refractivity contribution in [3.63, 3.8) is 0 Å². The van der Waals surface area contributed by atoms with Crippen molar-refractivity contribution in [3.05, 3.63) is 137 Å². The van der Waals surface area contributed by atoms with Gasteiger partial charge in [-0.25, -0.2) is 4.79 Å². The number of carbonyl (C=O) groups excluding carboxylic acids is 3. The van der Waals surface area contributed by atoms with Gasteiger partial charge in [-0.05, 0) is 88.9 Å². The Morgan fingerprint density at radius 2 is 1.38 bits per heavy atom. The summed E-state index contributed by atoms with van der Waals surface area (Å²) in [5.74, 6) is 2.57. The average Bonchev–Trinajstić information content (AvgIpc) is 4.02. The highest BCUT2D eigenvalue weighted by atomic mass is 16.5. The molecule has 2 unspecified atom stereocenters. The topological polar surface area (TPSA) is 162 Å². The molecule has 372 valence electrons. The van der Waals surface area contributed by atoms with Crippen LogP contribution in [0, 0.1) is 6.92 Å². The number of carbonyl (C=O) groups is 3. The van der Waals surface area contributed by atoms with Crippen LogP contribution in [0.15, 0.2) is 119 Å². The number of hydrogen-bond acceptors (Lipinski definition) is 12. The normalized spacial score (nSPS) is 15.4. The molecule has 0 fully saturated rings. The third-order valence-electron chi connectivity index (χ3n) is 11.7. The van der Waals surface area contributed by atoms with Crippen molar-refractivity contribution in [2.24, 2.45) is 9.98 Å².